The molecule has 0 saturated carbocycles. The van der Waals surface area contributed by atoms with Crippen LogP contribution in [0, 0.1) is 0 Å². The highest BCUT2D eigenvalue weighted by atomic mass is 35.5. The van der Waals surface area contributed by atoms with E-state index in [1.807, 2.05) is 26.0 Å². The van der Waals surface area contributed by atoms with E-state index < -0.39 is 5.97 Å². The second-order valence-electron chi connectivity index (χ2n) is 5.14. The second kappa shape index (κ2) is 7.79. The topological polar surface area (TPSA) is 58.9 Å². The van der Waals surface area contributed by atoms with E-state index in [2.05, 4.69) is 4.99 Å². The van der Waals surface area contributed by atoms with E-state index in [-0.39, 0.29) is 11.7 Å². The first-order valence-electron chi connectivity index (χ1n) is 7.33. The smallest absolute Gasteiger partial charge is 0.335 e. The minimum Gasteiger partial charge on any atom is -0.489 e. The van der Waals surface area contributed by atoms with Crippen molar-refractivity contribution >= 4 is 29.5 Å². The standard InChI is InChI=1S/C18H18ClNO3/c1-3-12(2)23-17-8-7-13(9-16(17)19)11-20-15-6-4-5-14(10-15)18(21)22/h4-12H,3H2,1-2H3,(H,21,22)/t12-/m1/s1. The van der Waals surface area contributed by atoms with Crippen molar-refractivity contribution < 1.29 is 14.6 Å². The molecule has 2 aromatic rings. The normalized spacial score (nSPS) is 12.3. The molecule has 0 saturated heterocycles. The van der Waals surface area contributed by atoms with Gasteiger partial charge in [-0.2, -0.15) is 0 Å². The Balaban J connectivity index is 2.15. The van der Waals surface area contributed by atoms with Crippen LogP contribution in [0.2, 0.25) is 5.02 Å². The Morgan fingerprint density at radius 1 is 1.35 bits per heavy atom. The summed E-state index contributed by atoms with van der Waals surface area (Å²) < 4.78 is 5.71. The fraction of sp³-hybridized carbons (Fsp3) is 0.222. The van der Waals surface area contributed by atoms with Crippen molar-refractivity contribution in [3.63, 3.8) is 0 Å². The maximum atomic E-state index is 10.9. The van der Waals surface area contributed by atoms with Crippen LogP contribution < -0.4 is 4.74 Å². The van der Waals surface area contributed by atoms with Crippen LogP contribution in [-0.4, -0.2) is 23.4 Å². The molecular formula is C18H18ClNO3. The van der Waals surface area contributed by atoms with E-state index >= 15 is 0 Å². The van der Waals surface area contributed by atoms with E-state index in [9.17, 15) is 4.79 Å². The molecular weight excluding hydrogens is 314 g/mol. The molecule has 2 rings (SSSR count). The van der Waals surface area contributed by atoms with Gasteiger partial charge in [-0.1, -0.05) is 24.6 Å². The molecule has 0 aliphatic heterocycles. The molecule has 0 spiro atoms. The van der Waals surface area contributed by atoms with Crippen LogP contribution in [0.3, 0.4) is 0 Å². The Hall–Kier alpha value is -2.33. The van der Waals surface area contributed by atoms with Gasteiger partial charge in [0.05, 0.1) is 22.4 Å². The highest BCUT2D eigenvalue weighted by Crippen LogP contribution is 2.26. The zero-order valence-electron chi connectivity index (χ0n) is 13.0. The number of carbonyl (C=O) groups is 1. The third kappa shape index (κ3) is 4.83. The fourth-order valence-electron chi connectivity index (χ4n) is 1.86. The first-order chi connectivity index (χ1) is 11.0. The minimum atomic E-state index is -0.975. The number of nitrogens with zero attached hydrogens (tertiary/aromatic N) is 1. The van der Waals surface area contributed by atoms with Gasteiger partial charge in [0.15, 0.2) is 0 Å². The van der Waals surface area contributed by atoms with Gasteiger partial charge >= 0.3 is 5.97 Å². The lowest BCUT2D eigenvalue weighted by molar-refractivity contribution is 0.0697. The fourth-order valence-corrected chi connectivity index (χ4v) is 2.09. The summed E-state index contributed by atoms with van der Waals surface area (Å²) in [6.07, 6.45) is 2.64. The minimum absolute atomic E-state index is 0.103. The Morgan fingerprint density at radius 2 is 2.13 bits per heavy atom. The van der Waals surface area contributed by atoms with Gasteiger partial charge < -0.3 is 9.84 Å². The molecule has 5 heteroatoms. The molecule has 0 heterocycles. The number of aromatic carboxylic acids is 1. The molecule has 0 aromatic heterocycles. The largest absolute Gasteiger partial charge is 0.489 e. The maximum Gasteiger partial charge on any atom is 0.335 e. The van der Waals surface area contributed by atoms with E-state index in [4.69, 9.17) is 21.4 Å². The van der Waals surface area contributed by atoms with Crippen molar-refractivity contribution in [2.75, 3.05) is 0 Å². The highest BCUT2D eigenvalue weighted by molar-refractivity contribution is 6.32. The number of aliphatic imine (C=N–C) groups is 1. The summed E-state index contributed by atoms with van der Waals surface area (Å²) in [5.74, 6) is -0.331. The zero-order valence-corrected chi connectivity index (χ0v) is 13.7. The maximum absolute atomic E-state index is 10.9. The van der Waals surface area contributed by atoms with Crippen molar-refractivity contribution in [1.82, 2.24) is 0 Å². The summed E-state index contributed by atoms with van der Waals surface area (Å²) in [6.45, 7) is 4.03. The first kappa shape index (κ1) is 17.0. The van der Waals surface area contributed by atoms with Crippen LogP contribution >= 0.6 is 11.6 Å². The number of hydrogen-bond donors (Lipinski definition) is 1. The summed E-state index contributed by atoms with van der Waals surface area (Å²) in [6, 6.07) is 11.9. The van der Waals surface area contributed by atoms with E-state index in [1.54, 1.807) is 24.4 Å². The van der Waals surface area contributed by atoms with Gasteiger partial charge in [0.1, 0.15) is 5.75 Å². The number of rotatable bonds is 6. The van der Waals surface area contributed by atoms with Crippen LogP contribution in [0.5, 0.6) is 5.75 Å². The molecule has 0 amide bonds. The van der Waals surface area contributed by atoms with Crippen molar-refractivity contribution in [3.8, 4) is 5.75 Å². The van der Waals surface area contributed by atoms with Crippen LogP contribution in [0.15, 0.2) is 47.5 Å². The number of carboxylic acid groups (broad SMARTS) is 1. The number of carboxylic acids is 1. The van der Waals surface area contributed by atoms with Crippen LogP contribution in [-0.2, 0) is 0 Å². The number of ether oxygens (including phenoxy) is 1. The Labute approximate surface area is 140 Å². The lowest BCUT2D eigenvalue weighted by Crippen LogP contribution is -2.09. The number of benzene rings is 2. The molecule has 120 valence electrons. The predicted octanol–water partition coefficient (Wildman–Crippen LogP) is 4.97. The Morgan fingerprint density at radius 3 is 2.78 bits per heavy atom. The molecule has 0 aliphatic carbocycles. The van der Waals surface area contributed by atoms with Crippen molar-refractivity contribution in [2.24, 2.45) is 4.99 Å². The van der Waals surface area contributed by atoms with Gasteiger partial charge in [0, 0.05) is 6.21 Å². The van der Waals surface area contributed by atoms with Crippen molar-refractivity contribution in [1.29, 1.82) is 0 Å². The molecule has 0 bridgehead atoms. The average Bonchev–Trinajstić information content (AvgIpc) is 2.55. The monoisotopic (exact) mass is 331 g/mol. The average molecular weight is 332 g/mol. The van der Waals surface area contributed by atoms with Gasteiger partial charge in [-0.15, -0.1) is 0 Å². The van der Waals surface area contributed by atoms with Gasteiger partial charge in [0.2, 0.25) is 0 Å². The van der Waals surface area contributed by atoms with Gasteiger partial charge in [-0.25, -0.2) is 4.79 Å². The van der Waals surface area contributed by atoms with Gasteiger partial charge in [-0.3, -0.25) is 4.99 Å². The molecule has 0 fully saturated rings. The summed E-state index contributed by atoms with van der Waals surface area (Å²) in [5.41, 5.74) is 1.59. The van der Waals surface area contributed by atoms with Crippen LogP contribution in [0.4, 0.5) is 5.69 Å². The third-order valence-electron chi connectivity index (χ3n) is 3.31. The van der Waals surface area contributed by atoms with Crippen LogP contribution in [0.1, 0.15) is 36.2 Å². The Bertz CT molecular complexity index is 728. The molecule has 23 heavy (non-hydrogen) atoms. The summed E-state index contributed by atoms with van der Waals surface area (Å²) in [7, 11) is 0. The van der Waals surface area contributed by atoms with Crippen LogP contribution in [0.25, 0.3) is 0 Å². The van der Waals surface area contributed by atoms with Gasteiger partial charge in [0.25, 0.3) is 0 Å². The SMILES string of the molecule is CC[C@@H](C)Oc1ccc(C=Nc2cccc(C(=O)O)c2)cc1Cl. The van der Waals surface area contributed by atoms with E-state index in [0.29, 0.717) is 16.5 Å². The molecule has 0 radical (unpaired) electrons. The first-order valence-corrected chi connectivity index (χ1v) is 7.71. The molecule has 1 atom stereocenters. The molecule has 0 aliphatic rings. The lowest BCUT2D eigenvalue weighted by Gasteiger charge is -2.13. The predicted molar refractivity (Wildman–Crippen MR) is 92.5 cm³/mol. The quantitative estimate of drug-likeness (QED) is 0.760. The van der Waals surface area contributed by atoms with E-state index in [1.165, 1.54) is 12.1 Å². The summed E-state index contributed by atoms with van der Waals surface area (Å²) in [5, 5.41) is 9.49. The summed E-state index contributed by atoms with van der Waals surface area (Å²) >= 11 is 6.21. The van der Waals surface area contributed by atoms with E-state index in [0.717, 1.165) is 12.0 Å². The molecule has 0 unspecified atom stereocenters. The number of halogens is 1. The lowest BCUT2D eigenvalue weighted by atomic mass is 10.2. The van der Waals surface area contributed by atoms with Crippen molar-refractivity contribution in [2.45, 2.75) is 26.4 Å². The molecule has 4 nitrogen and oxygen atoms in total. The molecule has 1 N–H and O–H groups in total. The summed E-state index contributed by atoms with van der Waals surface area (Å²) in [4.78, 5) is 15.2. The Kier molecular flexibility index (Phi) is 5.77. The second-order valence-corrected chi connectivity index (χ2v) is 5.55. The van der Waals surface area contributed by atoms with Crippen molar-refractivity contribution in [3.05, 3.63) is 58.6 Å². The molecule has 2 aromatic carbocycles. The third-order valence-corrected chi connectivity index (χ3v) is 3.61. The zero-order chi connectivity index (χ0) is 16.8. The highest BCUT2D eigenvalue weighted by Gasteiger charge is 2.06. The van der Waals surface area contributed by atoms with Gasteiger partial charge in [-0.05, 0) is 55.3 Å². The number of hydrogen-bond acceptors (Lipinski definition) is 3.